The third kappa shape index (κ3) is 7.48. The van der Waals surface area contributed by atoms with Gasteiger partial charge in [-0.15, -0.1) is 0 Å². The van der Waals surface area contributed by atoms with Gasteiger partial charge >= 0.3 is 0 Å². The molecule has 2 heteroatoms. The van der Waals surface area contributed by atoms with E-state index in [0.29, 0.717) is 13.2 Å². The van der Waals surface area contributed by atoms with Crippen molar-refractivity contribution < 1.29 is 4.74 Å². The Hall–Kier alpha value is -0.520. The van der Waals surface area contributed by atoms with Crippen LogP contribution in [0, 0.1) is 11.8 Å². The van der Waals surface area contributed by atoms with E-state index in [4.69, 9.17) is 10.5 Å². The SMILES string of the molecule is CCCOCC#CCN. The van der Waals surface area contributed by atoms with Crippen molar-refractivity contribution in [2.75, 3.05) is 19.8 Å². The first-order valence-electron chi connectivity index (χ1n) is 3.15. The van der Waals surface area contributed by atoms with Gasteiger partial charge in [-0.2, -0.15) is 0 Å². The molecule has 0 unspecified atom stereocenters. The molecule has 0 amide bonds. The number of nitrogens with two attached hydrogens (primary N) is 1. The number of ether oxygens (including phenoxy) is 1. The number of rotatable bonds is 3. The fourth-order valence-electron chi connectivity index (χ4n) is 0.391. The molecule has 2 nitrogen and oxygen atoms in total. The Kier molecular flexibility index (Phi) is 7.05. The molecule has 0 aliphatic rings. The van der Waals surface area contributed by atoms with Crippen LogP contribution in [0.1, 0.15) is 13.3 Å². The maximum atomic E-state index is 5.11. The van der Waals surface area contributed by atoms with Gasteiger partial charge in [0.05, 0.1) is 6.54 Å². The predicted molar refractivity (Wildman–Crippen MR) is 37.9 cm³/mol. The van der Waals surface area contributed by atoms with Crippen molar-refractivity contribution in [3.05, 3.63) is 0 Å². The van der Waals surface area contributed by atoms with Crippen molar-refractivity contribution >= 4 is 0 Å². The van der Waals surface area contributed by atoms with Crippen LogP contribution < -0.4 is 5.73 Å². The van der Waals surface area contributed by atoms with Crippen LogP contribution in [0.3, 0.4) is 0 Å². The molecule has 9 heavy (non-hydrogen) atoms. The van der Waals surface area contributed by atoms with Gasteiger partial charge in [0.1, 0.15) is 6.61 Å². The lowest BCUT2D eigenvalue weighted by atomic mass is 10.5. The minimum atomic E-state index is 0.426. The van der Waals surface area contributed by atoms with Crippen LogP contribution in [0.25, 0.3) is 0 Å². The predicted octanol–water partition coefficient (Wildman–Crippen LogP) is 0.375. The zero-order valence-corrected chi connectivity index (χ0v) is 5.81. The van der Waals surface area contributed by atoms with Gasteiger partial charge in [0.25, 0.3) is 0 Å². The van der Waals surface area contributed by atoms with Crippen molar-refractivity contribution in [3.63, 3.8) is 0 Å². The minimum absolute atomic E-state index is 0.426. The third-order valence-electron chi connectivity index (χ3n) is 0.750. The first-order chi connectivity index (χ1) is 4.41. The highest BCUT2D eigenvalue weighted by atomic mass is 16.5. The molecule has 0 fully saturated rings. The van der Waals surface area contributed by atoms with Crippen molar-refractivity contribution in [2.45, 2.75) is 13.3 Å². The summed E-state index contributed by atoms with van der Waals surface area (Å²) in [4.78, 5) is 0. The van der Waals surface area contributed by atoms with E-state index >= 15 is 0 Å². The zero-order chi connectivity index (χ0) is 6.95. The molecule has 0 bridgehead atoms. The van der Waals surface area contributed by atoms with Crippen molar-refractivity contribution in [2.24, 2.45) is 5.73 Å². The molecule has 0 saturated heterocycles. The van der Waals surface area contributed by atoms with Crippen molar-refractivity contribution in [1.29, 1.82) is 0 Å². The van der Waals surface area contributed by atoms with Gasteiger partial charge in [-0.05, 0) is 6.42 Å². The summed E-state index contributed by atoms with van der Waals surface area (Å²) >= 11 is 0. The summed E-state index contributed by atoms with van der Waals surface area (Å²) in [6.07, 6.45) is 1.05. The van der Waals surface area contributed by atoms with Gasteiger partial charge in [0, 0.05) is 6.61 Å². The molecule has 0 spiro atoms. The lowest BCUT2D eigenvalue weighted by Gasteiger charge is -1.92. The van der Waals surface area contributed by atoms with Crippen LogP contribution in [-0.2, 0) is 4.74 Å². The fourth-order valence-corrected chi connectivity index (χ4v) is 0.391. The van der Waals surface area contributed by atoms with Gasteiger partial charge in [0.15, 0.2) is 0 Å². The highest BCUT2D eigenvalue weighted by Gasteiger charge is 1.76. The topological polar surface area (TPSA) is 35.2 Å². The summed E-state index contributed by atoms with van der Waals surface area (Å²) in [6.45, 7) is 3.80. The largest absolute Gasteiger partial charge is 0.369 e. The second-order valence-electron chi connectivity index (χ2n) is 1.61. The van der Waals surface area contributed by atoms with Gasteiger partial charge in [-0.1, -0.05) is 18.8 Å². The van der Waals surface area contributed by atoms with E-state index in [1.54, 1.807) is 0 Å². The molecule has 0 aromatic carbocycles. The molecule has 0 aliphatic heterocycles. The quantitative estimate of drug-likeness (QED) is 0.439. The van der Waals surface area contributed by atoms with E-state index in [0.717, 1.165) is 13.0 Å². The summed E-state index contributed by atoms with van der Waals surface area (Å²) in [6, 6.07) is 0. The summed E-state index contributed by atoms with van der Waals surface area (Å²) in [5.41, 5.74) is 5.11. The fraction of sp³-hybridized carbons (Fsp3) is 0.714. The lowest BCUT2D eigenvalue weighted by Crippen LogP contribution is -1.96. The molecule has 0 radical (unpaired) electrons. The normalized spacial score (nSPS) is 8.22. The van der Waals surface area contributed by atoms with Crippen LogP contribution in [0.2, 0.25) is 0 Å². The summed E-state index contributed by atoms with van der Waals surface area (Å²) in [5, 5.41) is 0. The Morgan fingerprint density at radius 1 is 1.44 bits per heavy atom. The Bertz CT molecular complexity index is 101. The Morgan fingerprint density at radius 2 is 2.22 bits per heavy atom. The average molecular weight is 127 g/mol. The molecule has 0 atom stereocenters. The number of hydrogen-bond donors (Lipinski definition) is 1. The molecular weight excluding hydrogens is 114 g/mol. The van der Waals surface area contributed by atoms with E-state index < -0.39 is 0 Å². The van der Waals surface area contributed by atoms with Gasteiger partial charge < -0.3 is 10.5 Å². The standard InChI is InChI=1S/C7H13NO/c1-2-6-9-7-4-3-5-8/h2,5-8H2,1H3. The molecule has 0 aliphatic carbocycles. The van der Waals surface area contributed by atoms with Gasteiger partial charge in [-0.25, -0.2) is 0 Å². The zero-order valence-electron chi connectivity index (χ0n) is 5.81. The third-order valence-corrected chi connectivity index (χ3v) is 0.750. The molecule has 0 heterocycles. The van der Waals surface area contributed by atoms with Crippen molar-refractivity contribution in [3.8, 4) is 11.8 Å². The molecule has 0 aromatic heterocycles. The molecule has 2 N–H and O–H groups in total. The van der Waals surface area contributed by atoms with Crippen LogP contribution in [0.4, 0.5) is 0 Å². The van der Waals surface area contributed by atoms with Gasteiger partial charge in [-0.3, -0.25) is 0 Å². The minimum Gasteiger partial charge on any atom is -0.369 e. The van der Waals surface area contributed by atoms with Crippen LogP contribution in [0.15, 0.2) is 0 Å². The Balaban J connectivity index is 2.90. The maximum Gasteiger partial charge on any atom is 0.107 e. The molecule has 0 aromatic rings. The second kappa shape index (κ2) is 7.48. The van der Waals surface area contributed by atoms with E-state index in [1.807, 2.05) is 0 Å². The van der Waals surface area contributed by atoms with E-state index in [-0.39, 0.29) is 0 Å². The second-order valence-corrected chi connectivity index (χ2v) is 1.61. The van der Waals surface area contributed by atoms with Crippen LogP contribution in [-0.4, -0.2) is 19.8 Å². The van der Waals surface area contributed by atoms with E-state index in [9.17, 15) is 0 Å². The monoisotopic (exact) mass is 127 g/mol. The maximum absolute atomic E-state index is 5.11. The molecular formula is C7H13NO. The highest BCUT2D eigenvalue weighted by Crippen LogP contribution is 1.76. The van der Waals surface area contributed by atoms with Crippen molar-refractivity contribution in [1.82, 2.24) is 0 Å². The Labute approximate surface area is 56.4 Å². The first kappa shape index (κ1) is 8.48. The summed E-state index contributed by atoms with van der Waals surface area (Å²) in [7, 11) is 0. The summed E-state index contributed by atoms with van der Waals surface area (Å²) < 4.78 is 5.06. The Morgan fingerprint density at radius 3 is 2.78 bits per heavy atom. The highest BCUT2D eigenvalue weighted by molar-refractivity contribution is 4.99. The smallest absolute Gasteiger partial charge is 0.107 e. The summed E-state index contributed by atoms with van der Waals surface area (Å²) in [5.74, 6) is 5.48. The van der Waals surface area contributed by atoms with Gasteiger partial charge in [0.2, 0.25) is 0 Å². The van der Waals surface area contributed by atoms with Crippen LogP contribution >= 0.6 is 0 Å². The van der Waals surface area contributed by atoms with Crippen LogP contribution in [0.5, 0.6) is 0 Å². The molecule has 0 saturated carbocycles. The first-order valence-corrected chi connectivity index (χ1v) is 3.15. The average Bonchev–Trinajstić information content (AvgIpc) is 1.89. The number of hydrogen-bond acceptors (Lipinski definition) is 2. The molecule has 0 rings (SSSR count). The lowest BCUT2D eigenvalue weighted by molar-refractivity contribution is 0.168. The molecule has 52 valence electrons. The van der Waals surface area contributed by atoms with E-state index in [2.05, 4.69) is 18.8 Å². The van der Waals surface area contributed by atoms with E-state index in [1.165, 1.54) is 0 Å².